The SMILES string of the molecule is CCN1CCc2cc(NS(=O)(=O)c3ccc4c(c3)CCCO4)c(OC(C)C)nc2CC1. The lowest BCUT2D eigenvalue weighted by atomic mass is 10.1. The van der Waals surface area contributed by atoms with E-state index < -0.39 is 10.0 Å². The van der Waals surface area contributed by atoms with E-state index in [1.165, 1.54) is 0 Å². The molecule has 2 aliphatic rings. The number of hydrogen-bond acceptors (Lipinski definition) is 6. The molecule has 0 saturated heterocycles. The molecule has 1 aromatic heterocycles. The zero-order valence-corrected chi connectivity index (χ0v) is 19.3. The number of ether oxygens (including phenoxy) is 2. The summed E-state index contributed by atoms with van der Waals surface area (Å²) < 4.78 is 40.7. The summed E-state index contributed by atoms with van der Waals surface area (Å²) in [5.74, 6) is 1.10. The van der Waals surface area contributed by atoms with Gasteiger partial charge in [-0.1, -0.05) is 6.92 Å². The molecule has 0 bridgehead atoms. The first-order valence-corrected chi connectivity index (χ1v) is 12.5. The second kappa shape index (κ2) is 9.04. The molecule has 0 atom stereocenters. The number of anilines is 1. The highest BCUT2D eigenvalue weighted by Crippen LogP contribution is 2.32. The van der Waals surface area contributed by atoms with Crippen molar-refractivity contribution < 1.29 is 17.9 Å². The van der Waals surface area contributed by atoms with Crippen molar-refractivity contribution in [3.63, 3.8) is 0 Å². The molecule has 4 rings (SSSR count). The number of fused-ring (bicyclic) bond motifs is 2. The third-order valence-electron chi connectivity index (χ3n) is 5.75. The lowest BCUT2D eigenvalue weighted by Gasteiger charge is -2.19. The minimum atomic E-state index is -3.79. The molecule has 0 amide bonds. The Morgan fingerprint density at radius 3 is 2.74 bits per heavy atom. The Balaban J connectivity index is 1.67. The van der Waals surface area contributed by atoms with E-state index in [-0.39, 0.29) is 11.0 Å². The number of benzene rings is 1. The molecule has 0 unspecified atom stereocenters. The van der Waals surface area contributed by atoms with Crippen LogP contribution in [0.4, 0.5) is 5.69 Å². The molecule has 7 nitrogen and oxygen atoms in total. The fourth-order valence-corrected chi connectivity index (χ4v) is 5.17. The Morgan fingerprint density at radius 2 is 1.97 bits per heavy atom. The van der Waals surface area contributed by atoms with Crippen LogP contribution in [0.3, 0.4) is 0 Å². The third-order valence-corrected chi connectivity index (χ3v) is 7.11. The second-order valence-electron chi connectivity index (χ2n) is 8.37. The summed E-state index contributed by atoms with van der Waals surface area (Å²) in [5.41, 5.74) is 3.38. The van der Waals surface area contributed by atoms with Crippen molar-refractivity contribution in [2.24, 2.45) is 0 Å². The van der Waals surface area contributed by atoms with Gasteiger partial charge in [0.15, 0.2) is 0 Å². The molecular weight excluding hydrogens is 414 g/mol. The van der Waals surface area contributed by atoms with Crippen LogP contribution in [0.2, 0.25) is 0 Å². The predicted octanol–water partition coefficient (Wildman–Crippen LogP) is 3.42. The van der Waals surface area contributed by atoms with E-state index in [2.05, 4.69) is 16.5 Å². The van der Waals surface area contributed by atoms with E-state index in [0.717, 1.165) is 67.9 Å². The Labute approximate surface area is 184 Å². The standard InChI is InChI=1S/C23H31N3O4S/c1-4-26-11-9-17-15-21(23(30-16(2)3)24-20(17)10-12-26)25-31(27,28)19-7-8-22-18(14-19)6-5-13-29-22/h7-8,14-16,25H,4-6,9-13H2,1-3H3. The molecular formula is C23H31N3O4S. The van der Waals surface area contributed by atoms with Crippen LogP contribution < -0.4 is 14.2 Å². The topological polar surface area (TPSA) is 80.8 Å². The van der Waals surface area contributed by atoms with Gasteiger partial charge in [-0.15, -0.1) is 0 Å². The molecule has 0 saturated carbocycles. The molecule has 1 N–H and O–H groups in total. The molecule has 0 spiro atoms. The van der Waals surface area contributed by atoms with Crippen LogP contribution in [0.5, 0.6) is 11.6 Å². The minimum absolute atomic E-state index is 0.118. The molecule has 8 heteroatoms. The van der Waals surface area contributed by atoms with E-state index in [4.69, 9.17) is 14.5 Å². The van der Waals surface area contributed by atoms with Crippen LogP contribution in [-0.4, -0.2) is 50.6 Å². The number of likely N-dealkylation sites (N-methyl/N-ethyl adjacent to an activating group) is 1. The normalized spacial score (nSPS) is 16.8. The summed E-state index contributed by atoms with van der Waals surface area (Å²) in [6, 6.07) is 6.93. The van der Waals surface area contributed by atoms with Gasteiger partial charge in [0.1, 0.15) is 11.4 Å². The van der Waals surface area contributed by atoms with Crippen molar-refractivity contribution in [3.8, 4) is 11.6 Å². The van der Waals surface area contributed by atoms with Crippen molar-refractivity contribution in [3.05, 3.63) is 41.1 Å². The number of pyridine rings is 1. The van der Waals surface area contributed by atoms with Crippen LogP contribution in [0.25, 0.3) is 0 Å². The fourth-order valence-electron chi connectivity index (χ4n) is 4.07. The molecule has 2 aromatic rings. The Bertz CT molecular complexity index is 1050. The first-order chi connectivity index (χ1) is 14.9. The highest BCUT2D eigenvalue weighted by atomic mass is 32.2. The number of aryl methyl sites for hydroxylation is 1. The number of nitrogens with one attached hydrogen (secondary N) is 1. The van der Waals surface area contributed by atoms with Crippen molar-refractivity contribution in [1.82, 2.24) is 9.88 Å². The summed E-state index contributed by atoms with van der Waals surface area (Å²) in [6.07, 6.45) is 3.25. The summed E-state index contributed by atoms with van der Waals surface area (Å²) >= 11 is 0. The van der Waals surface area contributed by atoms with Crippen LogP contribution in [0.15, 0.2) is 29.2 Å². The number of aromatic nitrogens is 1. The second-order valence-corrected chi connectivity index (χ2v) is 10.1. The molecule has 168 valence electrons. The maximum Gasteiger partial charge on any atom is 0.262 e. The molecule has 0 aliphatic carbocycles. The van der Waals surface area contributed by atoms with Crippen LogP contribution in [0, 0.1) is 0 Å². The predicted molar refractivity (Wildman–Crippen MR) is 121 cm³/mol. The molecule has 1 aromatic carbocycles. The molecule has 31 heavy (non-hydrogen) atoms. The van der Waals surface area contributed by atoms with Crippen LogP contribution in [0.1, 0.15) is 44.0 Å². The third kappa shape index (κ3) is 4.96. The summed E-state index contributed by atoms with van der Waals surface area (Å²) in [5, 5.41) is 0. The Morgan fingerprint density at radius 1 is 1.16 bits per heavy atom. The van der Waals surface area contributed by atoms with Crippen LogP contribution >= 0.6 is 0 Å². The van der Waals surface area contributed by atoms with Gasteiger partial charge in [-0.3, -0.25) is 4.72 Å². The zero-order valence-electron chi connectivity index (χ0n) is 18.5. The van der Waals surface area contributed by atoms with Gasteiger partial charge in [0.25, 0.3) is 10.0 Å². The minimum Gasteiger partial charge on any atom is -0.493 e. The average Bonchev–Trinajstić information content (AvgIpc) is 2.94. The van der Waals surface area contributed by atoms with Gasteiger partial charge < -0.3 is 14.4 Å². The van der Waals surface area contributed by atoms with Crippen molar-refractivity contribution in [1.29, 1.82) is 0 Å². The maximum atomic E-state index is 13.2. The van der Waals surface area contributed by atoms with Gasteiger partial charge in [-0.2, -0.15) is 0 Å². The van der Waals surface area contributed by atoms with Crippen molar-refractivity contribution in [2.75, 3.05) is 31.0 Å². The number of nitrogens with zero attached hydrogens (tertiary/aromatic N) is 2. The van der Waals surface area contributed by atoms with Gasteiger partial charge >= 0.3 is 0 Å². The van der Waals surface area contributed by atoms with Crippen molar-refractivity contribution in [2.45, 2.75) is 57.5 Å². The lowest BCUT2D eigenvalue weighted by Crippen LogP contribution is -2.25. The van der Waals surface area contributed by atoms with E-state index in [0.29, 0.717) is 18.2 Å². The smallest absolute Gasteiger partial charge is 0.262 e. The molecule has 2 aliphatic heterocycles. The first kappa shape index (κ1) is 21.9. The monoisotopic (exact) mass is 445 g/mol. The summed E-state index contributed by atoms with van der Waals surface area (Å²) in [6.45, 7) is 9.52. The highest BCUT2D eigenvalue weighted by Gasteiger charge is 2.23. The quantitative estimate of drug-likeness (QED) is 0.734. The van der Waals surface area contributed by atoms with Gasteiger partial charge in [-0.25, -0.2) is 13.4 Å². The van der Waals surface area contributed by atoms with E-state index >= 15 is 0 Å². The number of hydrogen-bond donors (Lipinski definition) is 1. The highest BCUT2D eigenvalue weighted by molar-refractivity contribution is 7.92. The summed E-state index contributed by atoms with van der Waals surface area (Å²) in [7, 11) is -3.79. The average molecular weight is 446 g/mol. The number of rotatable bonds is 6. The first-order valence-electron chi connectivity index (χ1n) is 11.1. The fraction of sp³-hybridized carbons (Fsp3) is 0.522. The Kier molecular flexibility index (Phi) is 6.39. The lowest BCUT2D eigenvalue weighted by molar-refractivity contribution is 0.233. The number of sulfonamides is 1. The van der Waals surface area contributed by atoms with E-state index in [1.807, 2.05) is 19.9 Å². The van der Waals surface area contributed by atoms with Crippen LogP contribution in [-0.2, 0) is 29.3 Å². The van der Waals surface area contributed by atoms with Gasteiger partial charge in [0.2, 0.25) is 5.88 Å². The van der Waals surface area contributed by atoms with Gasteiger partial charge in [0, 0.05) is 25.2 Å². The van der Waals surface area contributed by atoms with Crippen molar-refractivity contribution >= 4 is 15.7 Å². The maximum absolute atomic E-state index is 13.2. The van der Waals surface area contributed by atoms with E-state index in [1.54, 1.807) is 18.2 Å². The Hall–Kier alpha value is -2.32. The van der Waals surface area contributed by atoms with E-state index in [9.17, 15) is 8.42 Å². The molecule has 0 radical (unpaired) electrons. The zero-order chi connectivity index (χ0) is 22.0. The summed E-state index contributed by atoms with van der Waals surface area (Å²) in [4.78, 5) is 7.33. The van der Waals surface area contributed by atoms with Gasteiger partial charge in [0.05, 0.1) is 17.6 Å². The largest absolute Gasteiger partial charge is 0.493 e. The molecule has 3 heterocycles. The molecule has 0 fully saturated rings. The van der Waals surface area contributed by atoms with Gasteiger partial charge in [-0.05, 0) is 75.0 Å².